The molecular formula is C12H19N5O. The van der Waals surface area contributed by atoms with Crippen molar-refractivity contribution >= 4 is 0 Å². The van der Waals surface area contributed by atoms with E-state index in [9.17, 15) is 0 Å². The summed E-state index contributed by atoms with van der Waals surface area (Å²) in [4.78, 5) is 4.34. The van der Waals surface area contributed by atoms with Crippen LogP contribution < -0.4 is 5.73 Å². The fourth-order valence-electron chi connectivity index (χ4n) is 1.88. The summed E-state index contributed by atoms with van der Waals surface area (Å²) in [6.45, 7) is 9.03. The number of nitrogens with two attached hydrogens (primary N) is 1. The van der Waals surface area contributed by atoms with E-state index in [2.05, 4.69) is 15.2 Å². The van der Waals surface area contributed by atoms with E-state index in [-0.39, 0.29) is 5.92 Å². The molecule has 98 valence electrons. The largest absolute Gasteiger partial charge is 0.339 e. The predicted molar refractivity (Wildman–Crippen MR) is 67.1 cm³/mol. The average Bonchev–Trinajstić information content (AvgIpc) is 2.86. The zero-order valence-electron chi connectivity index (χ0n) is 11.3. The van der Waals surface area contributed by atoms with Crippen molar-refractivity contribution in [3.63, 3.8) is 0 Å². The molecule has 0 saturated carbocycles. The number of aromatic nitrogens is 4. The van der Waals surface area contributed by atoms with E-state index < -0.39 is 0 Å². The molecular weight excluding hydrogens is 230 g/mol. The summed E-state index contributed by atoms with van der Waals surface area (Å²) in [5, 5.41) is 8.41. The van der Waals surface area contributed by atoms with E-state index in [0.717, 1.165) is 17.0 Å². The Morgan fingerprint density at radius 2 is 2.06 bits per heavy atom. The standard InChI is InChI=1S/C12H19N5O/c1-7(2)12-14-11(16-18-12)6-17-9(4)10(5-13)8(3)15-17/h7H,5-6,13H2,1-4H3. The van der Waals surface area contributed by atoms with Gasteiger partial charge in [-0.25, -0.2) is 0 Å². The van der Waals surface area contributed by atoms with Crippen LogP contribution in [0, 0.1) is 13.8 Å². The molecule has 0 saturated heterocycles. The summed E-state index contributed by atoms with van der Waals surface area (Å²) in [6.07, 6.45) is 0. The van der Waals surface area contributed by atoms with E-state index in [1.54, 1.807) is 0 Å². The van der Waals surface area contributed by atoms with E-state index in [1.807, 2.05) is 32.4 Å². The molecule has 2 N–H and O–H groups in total. The van der Waals surface area contributed by atoms with Crippen molar-refractivity contribution in [1.29, 1.82) is 0 Å². The molecule has 0 aromatic carbocycles. The van der Waals surface area contributed by atoms with Crippen molar-refractivity contribution in [2.45, 2.75) is 46.7 Å². The molecule has 18 heavy (non-hydrogen) atoms. The monoisotopic (exact) mass is 249 g/mol. The van der Waals surface area contributed by atoms with Crippen LogP contribution in [-0.2, 0) is 13.1 Å². The summed E-state index contributed by atoms with van der Waals surface area (Å²) in [6, 6.07) is 0. The highest BCUT2D eigenvalue weighted by Crippen LogP contribution is 2.15. The summed E-state index contributed by atoms with van der Waals surface area (Å²) in [7, 11) is 0. The van der Waals surface area contributed by atoms with Crippen LogP contribution in [0.5, 0.6) is 0 Å². The van der Waals surface area contributed by atoms with Crippen molar-refractivity contribution < 1.29 is 4.52 Å². The smallest absolute Gasteiger partial charge is 0.229 e. The highest BCUT2D eigenvalue weighted by molar-refractivity contribution is 5.24. The molecule has 0 unspecified atom stereocenters. The Bertz CT molecular complexity index is 541. The number of hydrogen-bond donors (Lipinski definition) is 1. The van der Waals surface area contributed by atoms with Crippen molar-refractivity contribution in [2.24, 2.45) is 5.73 Å². The van der Waals surface area contributed by atoms with Crippen molar-refractivity contribution in [3.05, 3.63) is 28.7 Å². The second kappa shape index (κ2) is 4.89. The van der Waals surface area contributed by atoms with Crippen LogP contribution in [0.4, 0.5) is 0 Å². The zero-order chi connectivity index (χ0) is 13.3. The minimum absolute atomic E-state index is 0.242. The molecule has 0 amide bonds. The molecule has 0 radical (unpaired) electrons. The van der Waals surface area contributed by atoms with Crippen LogP contribution in [0.25, 0.3) is 0 Å². The average molecular weight is 249 g/mol. The summed E-state index contributed by atoms with van der Waals surface area (Å²) in [5.41, 5.74) is 8.81. The molecule has 6 heteroatoms. The summed E-state index contributed by atoms with van der Waals surface area (Å²) in [5.74, 6) is 1.55. The van der Waals surface area contributed by atoms with Crippen LogP contribution in [0.2, 0.25) is 0 Å². The molecule has 6 nitrogen and oxygen atoms in total. The highest BCUT2D eigenvalue weighted by Gasteiger charge is 2.14. The molecule has 0 aliphatic heterocycles. The maximum absolute atomic E-state index is 5.70. The first-order valence-electron chi connectivity index (χ1n) is 6.08. The van der Waals surface area contributed by atoms with E-state index in [0.29, 0.717) is 24.8 Å². The van der Waals surface area contributed by atoms with Crippen LogP contribution in [0.15, 0.2) is 4.52 Å². The fraction of sp³-hybridized carbons (Fsp3) is 0.583. The molecule has 2 aromatic rings. The Balaban J connectivity index is 2.23. The zero-order valence-corrected chi connectivity index (χ0v) is 11.3. The Morgan fingerprint density at radius 3 is 2.56 bits per heavy atom. The van der Waals surface area contributed by atoms with Gasteiger partial charge in [-0.2, -0.15) is 10.1 Å². The minimum Gasteiger partial charge on any atom is -0.339 e. The van der Waals surface area contributed by atoms with Gasteiger partial charge in [-0.1, -0.05) is 19.0 Å². The third kappa shape index (κ3) is 2.28. The first-order chi connectivity index (χ1) is 8.52. The topological polar surface area (TPSA) is 82.8 Å². The molecule has 0 atom stereocenters. The lowest BCUT2D eigenvalue weighted by atomic mass is 10.2. The van der Waals surface area contributed by atoms with Gasteiger partial charge in [0.25, 0.3) is 0 Å². The van der Waals surface area contributed by atoms with Gasteiger partial charge in [-0.15, -0.1) is 0 Å². The molecule has 0 bridgehead atoms. The number of nitrogens with zero attached hydrogens (tertiary/aromatic N) is 4. The van der Waals surface area contributed by atoms with Crippen LogP contribution in [-0.4, -0.2) is 19.9 Å². The minimum atomic E-state index is 0.242. The summed E-state index contributed by atoms with van der Waals surface area (Å²) < 4.78 is 7.04. The van der Waals surface area contributed by atoms with Crippen LogP contribution in [0.3, 0.4) is 0 Å². The van der Waals surface area contributed by atoms with E-state index in [1.165, 1.54) is 0 Å². The second-order valence-electron chi connectivity index (χ2n) is 4.71. The maximum atomic E-state index is 5.70. The molecule has 0 aliphatic rings. The quantitative estimate of drug-likeness (QED) is 0.888. The summed E-state index contributed by atoms with van der Waals surface area (Å²) >= 11 is 0. The van der Waals surface area contributed by atoms with E-state index >= 15 is 0 Å². The highest BCUT2D eigenvalue weighted by atomic mass is 16.5. The van der Waals surface area contributed by atoms with Gasteiger partial charge in [0.15, 0.2) is 5.82 Å². The van der Waals surface area contributed by atoms with Gasteiger partial charge in [0.2, 0.25) is 5.89 Å². The second-order valence-corrected chi connectivity index (χ2v) is 4.71. The maximum Gasteiger partial charge on any atom is 0.229 e. The van der Waals surface area contributed by atoms with Gasteiger partial charge in [-0.3, -0.25) is 4.68 Å². The van der Waals surface area contributed by atoms with Crippen molar-refractivity contribution in [3.8, 4) is 0 Å². The van der Waals surface area contributed by atoms with Gasteiger partial charge < -0.3 is 10.3 Å². The first kappa shape index (κ1) is 12.8. The van der Waals surface area contributed by atoms with Crippen molar-refractivity contribution in [1.82, 2.24) is 19.9 Å². The SMILES string of the molecule is Cc1nn(Cc2noc(C(C)C)n2)c(C)c1CN. The Hall–Kier alpha value is -1.69. The third-order valence-corrected chi connectivity index (χ3v) is 3.00. The normalized spacial score (nSPS) is 11.4. The lowest BCUT2D eigenvalue weighted by Crippen LogP contribution is -2.07. The van der Waals surface area contributed by atoms with Gasteiger partial charge in [0, 0.05) is 23.7 Å². The fourth-order valence-corrected chi connectivity index (χ4v) is 1.88. The lowest BCUT2D eigenvalue weighted by molar-refractivity contribution is 0.359. The number of aryl methyl sites for hydroxylation is 1. The molecule has 2 rings (SSSR count). The van der Waals surface area contributed by atoms with Gasteiger partial charge in [-0.05, 0) is 13.8 Å². The molecule has 0 fully saturated rings. The Morgan fingerprint density at radius 1 is 1.33 bits per heavy atom. The molecule has 0 aliphatic carbocycles. The molecule has 2 heterocycles. The Labute approximate surface area is 106 Å². The predicted octanol–water partition coefficient (Wildman–Crippen LogP) is 1.51. The molecule has 0 spiro atoms. The van der Waals surface area contributed by atoms with E-state index in [4.69, 9.17) is 10.3 Å². The first-order valence-corrected chi connectivity index (χ1v) is 6.08. The number of rotatable bonds is 4. The Kier molecular flexibility index (Phi) is 3.47. The third-order valence-electron chi connectivity index (χ3n) is 3.00. The van der Waals surface area contributed by atoms with Crippen LogP contribution in [0.1, 0.15) is 48.4 Å². The van der Waals surface area contributed by atoms with Gasteiger partial charge in [0.05, 0.1) is 5.69 Å². The van der Waals surface area contributed by atoms with Crippen molar-refractivity contribution in [2.75, 3.05) is 0 Å². The lowest BCUT2D eigenvalue weighted by Gasteiger charge is -2.00. The number of hydrogen-bond acceptors (Lipinski definition) is 5. The van der Waals surface area contributed by atoms with Gasteiger partial charge >= 0.3 is 0 Å². The van der Waals surface area contributed by atoms with Crippen LogP contribution >= 0.6 is 0 Å². The van der Waals surface area contributed by atoms with Gasteiger partial charge in [0.1, 0.15) is 6.54 Å². The molecule has 2 aromatic heterocycles.